The van der Waals surface area contributed by atoms with Crippen molar-refractivity contribution in [2.45, 2.75) is 6.42 Å². The van der Waals surface area contributed by atoms with Gasteiger partial charge in [-0.3, -0.25) is 4.99 Å². The molecule has 0 heterocycles. The lowest BCUT2D eigenvalue weighted by Crippen LogP contribution is -2.25. The van der Waals surface area contributed by atoms with E-state index in [1.165, 1.54) is 13.3 Å². The number of ether oxygens (including phenoxy) is 1. The van der Waals surface area contributed by atoms with Gasteiger partial charge in [-0.05, 0) is 32.8 Å². The molecule has 94 valence electrons. The molecule has 0 saturated carbocycles. The summed E-state index contributed by atoms with van der Waals surface area (Å²) in [7, 11) is 3.45. The minimum atomic E-state index is 0.387. The van der Waals surface area contributed by atoms with Crippen molar-refractivity contribution in [3.8, 4) is 6.07 Å². The first-order chi connectivity index (χ1) is 8.29. The van der Waals surface area contributed by atoms with Crippen LogP contribution in [-0.4, -0.2) is 40.5 Å². The number of aliphatic imine (C=N–C) groups is 1. The summed E-state index contributed by atoms with van der Waals surface area (Å²) in [5, 5.41) is 15.2. The minimum absolute atomic E-state index is 0.387. The average molecular weight is 236 g/mol. The van der Waals surface area contributed by atoms with Crippen LogP contribution in [0.5, 0.6) is 0 Å². The molecule has 0 fully saturated rings. The van der Waals surface area contributed by atoms with E-state index >= 15 is 0 Å². The highest BCUT2D eigenvalue weighted by atomic mass is 16.5. The maximum absolute atomic E-state index is 8.88. The zero-order valence-corrected chi connectivity index (χ0v) is 10.5. The molecule has 0 unspecified atom stereocenters. The molecule has 0 radical (unpaired) electrons. The summed E-state index contributed by atoms with van der Waals surface area (Å²) in [5.74, 6) is 0.537. The van der Waals surface area contributed by atoms with Crippen LogP contribution in [0.25, 0.3) is 0 Å². The second-order valence-corrected chi connectivity index (χ2v) is 3.25. The Morgan fingerprint density at radius 1 is 1.47 bits per heavy atom. The van der Waals surface area contributed by atoms with Crippen LogP contribution >= 0.6 is 0 Å². The van der Waals surface area contributed by atoms with Crippen LogP contribution < -0.4 is 10.6 Å². The maximum Gasteiger partial charge on any atom is 0.134 e. The molecular weight excluding hydrogens is 216 g/mol. The van der Waals surface area contributed by atoms with Gasteiger partial charge in [-0.25, -0.2) is 0 Å². The molecule has 0 aliphatic carbocycles. The van der Waals surface area contributed by atoms with Crippen LogP contribution in [0.3, 0.4) is 0 Å². The Kier molecular flexibility index (Phi) is 9.82. The van der Waals surface area contributed by atoms with Gasteiger partial charge < -0.3 is 15.4 Å². The molecule has 0 aliphatic heterocycles. The van der Waals surface area contributed by atoms with Crippen LogP contribution in [0, 0.1) is 11.3 Å². The molecule has 0 saturated heterocycles. The van der Waals surface area contributed by atoms with E-state index in [4.69, 9.17) is 10.00 Å². The van der Waals surface area contributed by atoms with Gasteiger partial charge in [-0.15, -0.1) is 0 Å². The number of hydrogen-bond acceptors (Lipinski definition) is 5. The Bertz CT molecular complexity index is 315. The van der Waals surface area contributed by atoms with Gasteiger partial charge in [0.15, 0.2) is 0 Å². The SMILES string of the molecule is C=N/C=C(C#N)\C(=C/CCNCCNC)OC. The second-order valence-electron chi connectivity index (χ2n) is 3.25. The summed E-state index contributed by atoms with van der Waals surface area (Å²) in [6, 6.07) is 2.02. The van der Waals surface area contributed by atoms with Crippen molar-refractivity contribution in [2.75, 3.05) is 33.8 Å². The summed E-state index contributed by atoms with van der Waals surface area (Å²) in [4.78, 5) is 3.57. The molecule has 0 aliphatic rings. The smallest absolute Gasteiger partial charge is 0.134 e. The predicted molar refractivity (Wildman–Crippen MR) is 69.8 cm³/mol. The molecule has 5 nitrogen and oxygen atoms in total. The summed E-state index contributed by atoms with van der Waals surface area (Å²) in [6.07, 6.45) is 4.05. The largest absolute Gasteiger partial charge is 0.496 e. The van der Waals surface area contributed by atoms with E-state index < -0.39 is 0 Å². The van der Waals surface area contributed by atoms with Gasteiger partial charge in [-0.2, -0.15) is 5.26 Å². The summed E-state index contributed by atoms with van der Waals surface area (Å²) in [6.45, 7) is 6.01. The minimum Gasteiger partial charge on any atom is -0.496 e. The number of likely N-dealkylation sites (N-methyl/N-ethyl adjacent to an activating group) is 1. The molecule has 17 heavy (non-hydrogen) atoms. The highest BCUT2D eigenvalue weighted by Gasteiger charge is 2.03. The first-order valence-corrected chi connectivity index (χ1v) is 5.46. The number of nitrogens with zero attached hydrogens (tertiary/aromatic N) is 2. The molecule has 2 N–H and O–H groups in total. The van der Waals surface area contributed by atoms with E-state index in [1.807, 2.05) is 19.2 Å². The quantitative estimate of drug-likeness (QED) is 0.204. The van der Waals surface area contributed by atoms with E-state index in [0.29, 0.717) is 11.3 Å². The number of nitriles is 1. The molecule has 0 spiro atoms. The third-order valence-electron chi connectivity index (χ3n) is 2.03. The van der Waals surface area contributed by atoms with E-state index in [0.717, 1.165) is 26.1 Å². The monoisotopic (exact) mass is 236 g/mol. The number of methoxy groups -OCH3 is 1. The zero-order valence-electron chi connectivity index (χ0n) is 10.5. The fourth-order valence-electron chi connectivity index (χ4n) is 1.19. The number of hydrogen-bond donors (Lipinski definition) is 2. The maximum atomic E-state index is 8.88. The predicted octanol–water partition coefficient (Wildman–Crippen LogP) is 0.824. The summed E-state index contributed by atoms with van der Waals surface area (Å²) >= 11 is 0. The van der Waals surface area contributed by atoms with Gasteiger partial charge in [0.05, 0.1) is 7.11 Å². The van der Waals surface area contributed by atoms with Crippen molar-refractivity contribution < 1.29 is 4.74 Å². The lowest BCUT2D eigenvalue weighted by molar-refractivity contribution is 0.301. The Hall–Kier alpha value is -1.64. The molecule has 0 aromatic rings. The first-order valence-electron chi connectivity index (χ1n) is 5.46. The first kappa shape index (κ1) is 15.4. The van der Waals surface area contributed by atoms with Gasteiger partial charge in [0, 0.05) is 19.3 Å². The van der Waals surface area contributed by atoms with Crippen LogP contribution in [0.1, 0.15) is 6.42 Å². The summed E-state index contributed by atoms with van der Waals surface area (Å²) in [5.41, 5.74) is 0.387. The van der Waals surface area contributed by atoms with Crippen molar-refractivity contribution in [3.63, 3.8) is 0 Å². The molecule has 0 aromatic carbocycles. The number of allylic oxidation sites excluding steroid dienone is 1. The third-order valence-corrected chi connectivity index (χ3v) is 2.03. The zero-order chi connectivity index (χ0) is 12.9. The van der Waals surface area contributed by atoms with Crippen LogP contribution in [0.2, 0.25) is 0 Å². The molecule has 0 aromatic heterocycles. The highest BCUT2D eigenvalue weighted by Crippen LogP contribution is 2.10. The average Bonchev–Trinajstić information content (AvgIpc) is 2.36. The lowest BCUT2D eigenvalue weighted by Gasteiger charge is -2.05. The van der Waals surface area contributed by atoms with Crippen LogP contribution in [0.4, 0.5) is 0 Å². The molecule has 5 heteroatoms. The molecular formula is C12H20N4O. The van der Waals surface area contributed by atoms with E-state index in [2.05, 4.69) is 22.3 Å². The van der Waals surface area contributed by atoms with Crippen LogP contribution in [-0.2, 0) is 4.74 Å². The van der Waals surface area contributed by atoms with Gasteiger partial charge in [0.25, 0.3) is 0 Å². The van der Waals surface area contributed by atoms with Crippen molar-refractivity contribution in [2.24, 2.45) is 4.99 Å². The fraction of sp³-hybridized carbons (Fsp3) is 0.500. The molecule has 0 atom stereocenters. The topological polar surface area (TPSA) is 69.4 Å². The van der Waals surface area contributed by atoms with Crippen molar-refractivity contribution in [1.29, 1.82) is 5.26 Å². The van der Waals surface area contributed by atoms with Crippen molar-refractivity contribution in [3.05, 3.63) is 23.6 Å². The normalized spacial score (nSPS) is 12.1. The Balaban J connectivity index is 4.14. The van der Waals surface area contributed by atoms with Crippen molar-refractivity contribution >= 4 is 6.72 Å². The van der Waals surface area contributed by atoms with Crippen molar-refractivity contribution in [1.82, 2.24) is 10.6 Å². The van der Waals surface area contributed by atoms with Crippen LogP contribution in [0.15, 0.2) is 28.6 Å². The Morgan fingerprint density at radius 3 is 2.76 bits per heavy atom. The standard InChI is InChI=1S/C12H20N4O/c1-14-7-8-16-6-4-5-12(17-3)11(9-13)10-15-2/h5,10,14,16H,2,4,6-8H2,1,3H3/b11-10-,12-5+. The number of rotatable bonds is 9. The van der Waals surface area contributed by atoms with Gasteiger partial charge >= 0.3 is 0 Å². The molecule has 0 amide bonds. The Labute approximate surface area is 103 Å². The van der Waals surface area contributed by atoms with E-state index in [-0.39, 0.29) is 0 Å². The Morgan fingerprint density at radius 2 is 2.24 bits per heavy atom. The van der Waals surface area contributed by atoms with E-state index in [1.54, 1.807) is 0 Å². The van der Waals surface area contributed by atoms with Gasteiger partial charge in [-0.1, -0.05) is 0 Å². The van der Waals surface area contributed by atoms with Gasteiger partial charge in [0.2, 0.25) is 0 Å². The van der Waals surface area contributed by atoms with Gasteiger partial charge in [0.1, 0.15) is 17.4 Å². The lowest BCUT2D eigenvalue weighted by atomic mass is 10.2. The molecule has 0 bridgehead atoms. The van der Waals surface area contributed by atoms with E-state index in [9.17, 15) is 0 Å². The fourth-order valence-corrected chi connectivity index (χ4v) is 1.19. The second kappa shape index (κ2) is 10.9. The highest BCUT2D eigenvalue weighted by molar-refractivity contribution is 5.40. The third kappa shape index (κ3) is 7.28. The molecule has 0 rings (SSSR count). The number of nitrogens with one attached hydrogen (secondary N) is 2. The summed E-state index contributed by atoms with van der Waals surface area (Å²) < 4.78 is 5.13.